The van der Waals surface area contributed by atoms with Crippen LogP contribution in [0.2, 0.25) is 0 Å². The van der Waals surface area contributed by atoms with Crippen molar-refractivity contribution in [3.8, 4) is 10.6 Å². The molecule has 0 radical (unpaired) electrons. The molecule has 1 amide bonds. The molecule has 3 saturated heterocycles. The van der Waals surface area contributed by atoms with E-state index < -0.39 is 0 Å². The largest absolute Gasteiger partial charge is 0.352 e. The van der Waals surface area contributed by atoms with E-state index in [4.69, 9.17) is 0 Å². The number of carbonyl (C=O) groups is 1. The predicted octanol–water partition coefficient (Wildman–Crippen LogP) is 2.35. The van der Waals surface area contributed by atoms with Gasteiger partial charge in [0.2, 0.25) is 0 Å². The van der Waals surface area contributed by atoms with Gasteiger partial charge in [-0.15, -0.1) is 11.3 Å². The second kappa shape index (κ2) is 6.16. The van der Waals surface area contributed by atoms with Crippen LogP contribution in [0.15, 0.2) is 36.0 Å². The molecule has 0 aliphatic carbocycles. The van der Waals surface area contributed by atoms with Crippen LogP contribution in [0, 0.1) is 6.92 Å². The van der Waals surface area contributed by atoms with Gasteiger partial charge in [-0.2, -0.15) is 5.10 Å². The fourth-order valence-electron chi connectivity index (χ4n) is 4.09. The molecule has 3 aromatic rings. The van der Waals surface area contributed by atoms with Crippen LogP contribution in [0.4, 0.5) is 5.82 Å². The summed E-state index contributed by atoms with van der Waals surface area (Å²) in [5.74, 6) is 1.03. The summed E-state index contributed by atoms with van der Waals surface area (Å²) in [6.07, 6.45) is 2.66. The number of aromatic nitrogens is 4. The second-order valence-corrected chi connectivity index (χ2v) is 8.14. The van der Waals surface area contributed by atoms with Crippen LogP contribution < -0.4 is 4.90 Å². The molecule has 2 bridgehead atoms. The minimum absolute atomic E-state index is 0.0765. The maximum Gasteiger partial charge on any atom is 0.272 e. The van der Waals surface area contributed by atoms with Crippen molar-refractivity contribution in [2.45, 2.75) is 25.4 Å². The molecule has 7 nitrogen and oxygen atoms in total. The maximum absolute atomic E-state index is 13.2. The van der Waals surface area contributed by atoms with Gasteiger partial charge in [-0.05, 0) is 30.9 Å². The zero-order chi connectivity index (χ0) is 18.5. The zero-order valence-electron chi connectivity index (χ0n) is 15.2. The molecular formula is C19H20N6OS. The molecule has 138 valence electrons. The number of aryl methyl sites for hydroxylation is 2. The summed E-state index contributed by atoms with van der Waals surface area (Å²) in [7, 11) is 1.84. The fourth-order valence-corrected chi connectivity index (χ4v) is 4.77. The Bertz CT molecular complexity index is 986. The number of amides is 1. The minimum atomic E-state index is 0.0765. The van der Waals surface area contributed by atoms with Crippen LogP contribution in [-0.2, 0) is 7.05 Å². The Kier molecular flexibility index (Phi) is 3.75. The minimum Gasteiger partial charge on any atom is -0.352 e. The number of nitrogens with zero attached hydrogens (tertiary/aromatic N) is 6. The van der Waals surface area contributed by atoms with Crippen molar-refractivity contribution in [3.63, 3.8) is 0 Å². The lowest BCUT2D eigenvalue weighted by atomic mass is 9.87. The van der Waals surface area contributed by atoms with Gasteiger partial charge in [-0.1, -0.05) is 6.07 Å². The van der Waals surface area contributed by atoms with Gasteiger partial charge in [0.15, 0.2) is 0 Å². The third-order valence-electron chi connectivity index (χ3n) is 5.41. The lowest BCUT2D eigenvalue weighted by molar-refractivity contribution is 0.00481. The summed E-state index contributed by atoms with van der Waals surface area (Å²) in [6.45, 7) is 3.60. The number of thiophene rings is 1. The maximum atomic E-state index is 13.2. The molecule has 2 atom stereocenters. The molecule has 6 heterocycles. The van der Waals surface area contributed by atoms with Crippen LogP contribution in [0.5, 0.6) is 0 Å². The molecule has 0 N–H and O–H groups in total. The lowest BCUT2D eigenvalue weighted by Gasteiger charge is -2.56. The zero-order valence-corrected chi connectivity index (χ0v) is 16.1. The third-order valence-corrected chi connectivity index (χ3v) is 6.31. The Balaban J connectivity index is 1.35. The summed E-state index contributed by atoms with van der Waals surface area (Å²) in [5, 5.41) is 6.56. The first-order chi connectivity index (χ1) is 13.1. The van der Waals surface area contributed by atoms with Crippen molar-refractivity contribution < 1.29 is 4.79 Å². The molecule has 6 rings (SSSR count). The molecule has 0 aromatic carbocycles. The molecule has 0 spiro atoms. The highest BCUT2D eigenvalue weighted by Crippen LogP contribution is 2.36. The molecule has 3 aliphatic heterocycles. The van der Waals surface area contributed by atoms with Crippen LogP contribution in [-0.4, -0.2) is 55.7 Å². The number of hydrogen-bond donors (Lipinski definition) is 0. The second-order valence-electron chi connectivity index (χ2n) is 7.19. The van der Waals surface area contributed by atoms with Crippen molar-refractivity contribution >= 4 is 23.1 Å². The van der Waals surface area contributed by atoms with Gasteiger partial charge < -0.3 is 9.80 Å². The van der Waals surface area contributed by atoms with Crippen LogP contribution in [0.1, 0.15) is 22.6 Å². The van der Waals surface area contributed by atoms with Gasteiger partial charge in [0.1, 0.15) is 23.5 Å². The SMILES string of the molecule is Cc1cc(N2CC3CC(C2)N3C(=O)c2cc(-c3cccs3)nn2C)ncn1. The topological polar surface area (TPSA) is 67.2 Å². The summed E-state index contributed by atoms with van der Waals surface area (Å²) in [4.78, 5) is 27.1. The quantitative estimate of drug-likeness (QED) is 0.698. The molecular weight excluding hydrogens is 360 g/mol. The Labute approximate surface area is 161 Å². The van der Waals surface area contributed by atoms with E-state index in [1.165, 1.54) is 0 Å². The van der Waals surface area contributed by atoms with E-state index in [1.807, 2.05) is 48.5 Å². The van der Waals surface area contributed by atoms with Crippen molar-refractivity contribution in [2.75, 3.05) is 18.0 Å². The van der Waals surface area contributed by atoms with Crippen LogP contribution in [0.3, 0.4) is 0 Å². The van der Waals surface area contributed by atoms with Crippen molar-refractivity contribution in [1.29, 1.82) is 0 Å². The standard InChI is InChI=1S/C19H20N6OS/c1-12-6-18(21-11-20-12)24-9-13-7-14(10-24)25(13)19(26)16-8-15(22-23(16)2)17-4-3-5-27-17/h3-6,8,11,13-14H,7,9-10H2,1-2H3. The van der Waals surface area contributed by atoms with E-state index in [9.17, 15) is 4.79 Å². The number of anilines is 1. The smallest absolute Gasteiger partial charge is 0.272 e. The molecule has 2 unspecified atom stereocenters. The van der Waals surface area contributed by atoms with E-state index >= 15 is 0 Å². The molecule has 0 saturated carbocycles. The molecule has 3 aliphatic rings. The Morgan fingerprint density at radius 3 is 2.74 bits per heavy atom. The number of carbonyl (C=O) groups excluding carboxylic acids is 1. The monoisotopic (exact) mass is 380 g/mol. The van der Waals surface area contributed by atoms with Gasteiger partial charge in [-0.3, -0.25) is 9.48 Å². The summed E-state index contributed by atoms with van der Waals surface area (Å²) in [5.41, 5.74) is 2.47. The first-order valence-corrected chi connectivity index (χ1v) is 9.92. The summed E-state index contributed by atoms with van der Waals surface area (Å²) < 4.78 is 1.71. The third kappa shape index (κ3) is 2.71. The molecule has 3 aromatic heterocycles. The van der Waals surface area contributed by atoms with Gasteiger partial charge >= 0.3 is 0 Å². The van der Waals surface area contributed by atoms with E-state index in [1.54, 1.807) is 22.3 Å². The Morgan fingerprint density at radius 1 is 1.22 bits per heavy atom. The molecule has 3 fully saturated rings. The van der Waals surface area contributed by atoms with Crippen molar-refractivity contribution in [1.82, 2.24) is 24.6 Å². The highest BCUT2D eigenvalue weighted by atomic mass is 32.1. The van der Waals surface area contributed by atoms with E-state index in [0.29, 0.717) is 5.69 Å². The first kappa shape index (κ1) is 16.4. The van der Waals surface area contributed by atoms with E-state index in [-0.39, 0.29) is 18.0 Å². The first-order valence-electron chi connectivity index (χ1n) is 9.04. The van der Waals surface area contributed by atoms with Crippen molar-refractivity contribution in [2.24, 2.45) is 7.05 Å². The van der Waals surface area contributed by atoms with Gasteiger partial charge in [0, 0.05) is 31.9 Å². The van der Waals surface area contributed by atoms with E-state index in [0.717, 1.165) is 41.6 Å². The summed E-state index contributed by atoms with van der Waals surface area (Å²) in [6, 6.07) is 8.40. The highest BCUT2D eigenvalue weighted by molar-refractivity contribution is 7.13. The highest BCUT2D eigenvalue weighted by Gasteiger charge is 2.48. The molecule has 27 heavy (non-hydrogen) atoms. The van der Waals surface area contributed by atoms with Crippen LogP contribution >= 0.6 is 11.3 Å². The van der Waals surface area contributed by atoms with Gasteiger partial charge in [-0.25, -0.2) is 9.97 Å². The average molecular weight is 380 g/mol. The average Bonchev–Trinajstić information content (AvgIpc) is 3.31. The number of piperazine rings is 1. The summed E-state index contributed by atoms with van der Waals surface area (Å²) >= 11 is 1.63. The Morgan fingerprint density at radius 2 is 2.04 bits per heavy atom. The fraction of sp³-hybridized carbons (Fsp3) is 0.368. The Hall–Kier alpha value is -2.74. The van der Waals surface area contributed by atoms with Crippen LogP contribution in [0.25, 0.3) is 10.6 Å². The van der Waals surface area contributed by atoms with Gasteiger partial charge in [0.25, 0.3) is 5.91 Å². The normalized spacial score (nSPS) is 21.3. The van der Waals surface area contributed by atoms with Crippen molar-refractivity contribution in [3.05, 3.63) is 47.4 Å². The molecule has 8 heteroatoms. The number of fused-ring (bicyclic) bond motifs is 2. The number of piperidine rings is 1. The lowest BCUT2D eigenvalue weighted by Crippen LogP contribution is -2.70. The van der Waals surface area contributed by atoms with Gasteiger partial charge in [0.05, 0.1) is 17.0 Å². The number of rotatable bonds is 3. The number of hydrogen-bond acceptors (Lipinski definition) is 6. The predicted molar refractivity (Wildman–Crippen MR) is 104 cm³/mol. The van der Waals surface area contributed by atoms with E-state index in [2.05, 4.69) is 20.0 Å².